The summed E-state index contributed by atoms with van der Waals surface area (Å²) in [4.78, 5) is 16.3. The van der Waals surface area contributed by atoms with Gasteiger partial charge in [0.05, 0.1) is 14.6 Å². The van der Waals surface area contributed by atoms with Gasteiger partial charge in [-0.1, -0.05) is 19.3 Å². The van der Waals surface area contributed by atoms with Gasteiger partial charge in [0, 0.05) is 11.3 Å². The zero-order valence-electron chi connectivity index (χ0n) is 8.94. The molecule has 2 aromatic rings. The number of thiazole rings is 1. The molecule has 0 saturated heterocycles. The van der Waals surface area contributed by atoms with Crippen molar-refractivity contribution in [2.75, 3.05) is 0 Å². The van der Waals surface area contributed by atoms with Crippen LogP contribution in [-0.2, 0) is 0 Å². The van der Waals surface area contributed by atoms with Crippen molar-refractivity contribution >= 4 is 39.2 Å². The third kappa shape index (κ3) is 1.70. The molecule has 0 aliphatic heterocycles. The van der Waals surface area contributed by atoms with Gasteiger partial charge >= 0.3 is 0 Å². The number of carbonyl (C=O) groups excluding carboxylic acids is 1. The van der Waals surface area contributed by atoms with Crippen LogP contribution >= 0.6 is 22.7 Å². The number of hydrogen-bond acceptors (Lipinski definition) is 4. The fourth-order valence-corrected chi connectivity index (χ4v) is 4.47. The summed E-state index contributed by atoms with van der Waals surface area (Å²) in [7, 11) is 0. The van der Waals surface area contributed by atoms with Crippen LogP contribution in [0.25, 0.3) is 10.2 Å². The van der Waals surface area contributed by atoms with Crippen molar-refractivity contribution in [3.63, 3.8) is 0 Å². The van der Waals surface area contributed by atoms with E-state index in [2.05, 4.69) is 10.4 Å². The lowest BCUT2D eigenvalue weighted by Crippen LogP contribution is -2.03. The molecule has 0 amide bonds. The first-order chi connectivity index (χ1) is 7.88. The van der Waals surface area contributed by atoms with E-state index in [-0.39, 0.29) is 0 Å². The maximum absolute atomic E-state index is 10.8. The normalized spacial score (nSPS) is 18.0. The highest BCUT2D eigenvalue weighted by Gasteiger charge is 2.20. The van der Waals surface area contributed by atoms with E-state index in [4.69, 9.17) is 0 Å². The third-order valence-electron chi connectivity index (χ3n) is 3.26. The SMILES string of the molecule is O=Cc1scc2sc(C3CCCCC3)nc12. The lowest BCUT2D eigenvalue weighted by Gasteiger charge is -2.18. The molecule has 1 aliphatic rings. The van der Waals surface area contributed by atoms with Crippen molar-refractivity contribution in [2.45, 2.75) is 38.0 Å². The molecule has 1 fully saturated rings. The third-order valence-corrected chi connectivity index (χ3v) is 5.47. The van der Waals surface area contributed by atoms with Gasteiger partial charge in [0.25, 0.3) is 0 Å². The summed E-state index contributed by atoms with van der Waals surface area (Å²) in [5.41, 5.74) is 0.936. The van der Waals surface area contributed by atoms with Crippen LogP contribution in [0, 0.1) is 0 Å². The molecule has 0 unspecified atom stereocenters. The molecular formula is C12H13NOS2. The summed E-state index contributed by atoms with van der Waals surface area (Å²) in [5.74, 6) is 0.649. The minimum Gasteiger partial charge on any atom is -0.297 e. The molecule has 0 N–H and O–H groups in total. The number of carbonyl (C=O) groups is 1. The fraction of sp³-hybridized carbons (Fsp3) is 0.500. The number of nitrogens with zero attached hydrogens (tertiary/aromatic N) is 1. The Hall–Kier alpha value is -0.740. The number of thiophene rings is 1. The van der Waals surface area contributed by atoms with Gasteiger partial charge in [-0.3, -0.25) is 4.79 Å². The van der Waals surface area contributed by atoms with Crippen molar-refractivity contribution in [3.05, 3.63) is 15.3 Å². The molecule has 3 rings (SSSR count). The van der Waals surface area contributed by atoms with Gasteiger partial charge in [-0.25, -0.2) is 4.98 Å². The van der Waals surface area contributed by atoms with E-state index in [0.29, 0.717) is 5.92 Å². The van der Waals surface area contributed by atoms with Gasteiger partial charge in [0.2, 0.25) is 0 Å². The molecule has 1 saturated carbocycles. The van der Waals surface area contributed by atoms with Gasteiger partial charge in [-0.15, -0.1) is 22.7 Å². The Morgan fingerprint density at radius 3 is 2.88 bits per heavy atom. The topological polar surface area (TPSA) is 30.0 Å². The number of aromatic nitrogens is 1. The van der Waals surface area contributed by atoms with Gasteiger partial charge < -0.3 is 0 Å². The highest BCUT2D eigenvalue weighted by atomic mass is 32.1. The smallest absolute Gasteiger partial charge is 0.162 e. The first-order valence-electron chi connectivity index (χ1n) is 5.71. The van der Waals surface area contributed by atoms with Crippen LogP contribution in [0.2, 0.25) is 0 Å². The Morgan fingerprint density at radius 1 is 1.31 bits per heavy atom. The quantitative estimate of drug-likeness (QED) is 0.748. The number of hydrogen-bond donors (Lipinski definition) is 0. The Labute approximate surface area is 102 Å². The monoisotopic (exact) mass is 251 g/mol. The van der Waals surface area contributed by atoms with E-state index in [1.807, 2.05) is 0 Å². The van der Waals surface area contributed by atoms with Crippen LogP contribution in [0.3, 0.4) is 0 Å². The zero-order chi connectivity index (χ0) is 11.0. The molecule has 0 spiro atoms. The summed E-state index contributed by atoms with van der Waals surface area (Å²) in [5, 5.41) is 3.31. The van der Waals surface area contributed by atoms with Crippen molar-refractivity contribution in [1.29, 1.82) is 0 Å². The van der Waals surface area contributed by atoms with E-state index < -0.39 is 0 Å². The first kappa shape index (κ1) is 10.4. The van der Waals surface area contributed by atoms with E-state index in [1.54, 1.807) is 11.3 Å². The van der Waals surface area contributed by atoms with Gasteiger partial charge in [-0.2, -0.15) is 0 Å². The van der Waals surface area contributed by atoms with Crippen LogP contribution in [-0.4, -0.2) is 11.3 Å². The summed E-state index contributed by atoms with van der Waals surface area (Å²) >= 11 is 3.29. The molecule has 2 heterocycles. The van der Waals surface area contributed by atoms with Gasteiger partial charge in [0.15, 0.2) is 6.29 Å². The molecule has 0 bridgehead atoms. The van der Waals surface area contributed by atoms with Crippen LogP contribution < -0.4 is 0 Å². The van der Waals surface area contributed by atoms with E-state index >= 15 is 0 Å². The average Bonchev–Trinajstić information content (AvgIpc) is 2.89. The molecule has 2 aromatic heterocycles. The summed E-state index contributed by atoms with van der Waals surface area (Å²) in [6.07, 6.45) is 7.51. The van der Waals surface area contributed by atoms with Crippen LogP contribution in [0.1, 0.15) is 52.7 Å². The first-order valence-corrected chi connectivity index (χ1v) is 7.41. The lowest BCUT2D eigenvalue weighted by atomic mass is 9.90. The summed E-state index contributed by atoms with van der Waals surface area (Å²) in [6, 6.07) is 0. The van der Waals surface area contributed by atoms with Crippen molar-refractivity contribution in [3.8, 4) is 0 Å². The average molecular weight is 251 g/mol. The number of rotatable bonds is 2. The molecule has 84 valence electrons. The Morgan fingerprint density at radius 2 is 2.12 bits per heavy atom. The number of fused-ring (bicyclic) bond motifs is 1. The minimum absolute atomic E-state index is 0.649. The predicted molar refractivity (Wildman–Crippen MR) is 68.7 cm³/mol. The highest BCUT2D eigenvalue weighted by molar-refractivity contribution is 7.23. The molecule has 1 aliphatic carbocycles. The second kappa shape index (κ2) is 4.26. The van der Waals surface area contributed by atoms with Crippen LogP contribution in [0.5, 0.6) is 0 Å². The Kier molecular flexibility index (Phi) is 2.77. The van der Waals surface area contributed by atoms with Crippen molar-refractivity contribution in [1.82, 2.24) is 4.98 Å². The standard InChI is InChI=1S/C12H13NOS2/c14-6-9-11-10(7-15-9)16-12(13-11)8-4-2-1-3-5-8/h6-8H,1-5H2. The lowest BCUT2D eigenvalue weighted by molar-refractivity contribution is 0.112. The van der Waals surface area contributed by atoms with Crippen LogP contribution in [0.15, 0.2) is 5.38 Å². The zero-order valence-corrected chi connectivity index (χ0v) is 10.6. The second-order valence-corrected chi connectivity index (χ2v) is 6.29. The number of aldehydes is 1. The van der Waals surface area contributed by atoms with E-state index in [0.717, 1.165) is 16.7 Å². The maximum Gasteiger partial charge on any atom is 0.162 e. The molecule has 4 heteroatoms. The molecule has 0 aromatic carbocycles. The Balaban J connectivity index is 1.97. The van der Waals surface area contributed by atoms with Gasteiger partial charge in [-0.05, 0) is 12.8 Å². The fourth-order valence-electron chi connectivity index (χ4n) is 2.39. The van der Waals surface area contributed by atoms with Gasteiger partial charge in [0.1, 0.15) is 5.52 Å². The Bertz CT molecular complexity index is 508. The maximum atomic E-state index is 10.8. The molecule has 2 nitrogen and oxygen atoms in total. The highest BCUT2D eigenvalue weighted by Crippen LogP contribution is 2.38. The van der Waals surface area contributed by atoms with E-state index in [9.17, 15) is 4.79 Å². The summed E-state index contributed by atoms with van der Waals surface area (Å²) < 4.78 is 1.19. The largest absolute Gasteiger partial charge is 0.297 e. The molecule has 0 radical (unpaired) electrons. The van der Waals surface area contributed by atoms with Crippen molar-refractivity contribution in [2.24, 2.45) is 0 Å². The molecule has 0 atom stereocenters. The minimum atomic E-state index is 0.649. The van der Waals surface area contributed by atoms with Crippen LogP contribution in [0.4, 0.5) is 0 Å². The molecular weight excluding hydrogens is 238 g/mol. The second-order valence-electron chi connectivity index (χ2n) is 4.32. The molecule has 16 heavy (non-hydrogen) atoms. The summed E-state index contributed by atoms with van der Waals surface area (Å²) in [6.45, 7) is 0. The van der Waals surface area contributed by atoms with Crippen molar-refractivity contribution < 1.29 is 4.79 Å². The van der Waals surface area contributed by atoms with E-state index in [1.165, 1.54) is 53.1 Å². The predicted octanol–water partition coefficient (Wildman–Crippen LogP) is 4.22.